The van der Waals surface area contributed by atoms with E-state index in [2.05, 4.69) is 18.0 Å². The van der Waals surface area contributed by atoms with Crippen LogP contribution in [0.1, 0.15) is 46.7 Å². The van der Waals surface area contributed by atoms with Gasteiger partial charge in [0, 0.05) is 5.56 Å². The van der Waals surface area contributed by atoms with Gasteiger partial charge in [0.05, 0.1) is 6.61 Å². The van der Waals surface area contributed by atoms with Crippen LogP contribution < -0.4 is 4.74 Å². The highest BCUT2D eigenvalue weighted by molar-refractivity contribution is 5.74. The quantitative estimate of drug-likeness (QED) is 0.603. The monoisotopic (exact) mass is 353 g/mol. The number of rotatable bonds is 7. The van der Waals surface area contributed by atoms with Crippen LogP contribution in [0.5, 0.6) is 11.5 Å². The van der Waals surface area contributed by atoms with Crippen molar-refractivity contribution in [2.24, 2.45) is 0 Å². The van der Waals surface area contributed by atoms with Crippen molar-refractivity contribution in [1.29, 1.82) is 0 Å². The maximum Gasteiger partial charge on any atom is 0.150 e. The minimum Gasteiger partial charge on any atom is -0.508 e. The molecule has 1 N–H and O–H groups in total. The number of likely N-dealkylation sites (tertiary alicyclic amines) is 1. The molecule has 1 fully saturated rings. The van der Waals surface area contributed by atoms with Crippen molar-refractivity contribution in [3.8, 4) is 11.5 Å². The molecule has 1 aliphatic rings. The van der Waals surface area contributed by atoms with Gasteiger partial charge in [-0.05, 0) is 93.2 Å². The predicted octanol–water partition coefficient (Wildman–Crippen LogP) is 4.03. The lowest BCUT2D eigenvalue weighted by atomic mass is 9.87. The van der Waals surface area contributed by atoms with E-state index in [1.165, 1.54) is 5.56 Å². The van der Waals surface area contributed by atoms with Crippen molar-refractivity contribution in [3.63, 3.8) is 0 Å². The van der Waals surface area contributed by atoms with Crippen LogP contribution in [-0.4, -0.2) is 43.0 Å². The van der Waals surface area contributed by atoms with Crippen molar-refractivity contribution in [1.82, 2.24) is 4.90 Å². The van der Waals surface area contributed by atoms with Crippen LogP contribution in [0.2, 0.25) is 0 Å². The van der Waals surface area contributed by atoms with Gasteiger partial charge >= 0.3 is 0 Å². The van der Waals surface area contributed by atoms with Gasteiger partial charge in [-0.15, -0.1) is 0 Å². The molecule has 4 heteroatoms. The first-order valence-corrected chi connectivity index (χ1v) is 9.34. The van der Waals surface area contributed by atoms with Crippen molar-refractivity contribution < 1.29 is 14.6 Å². The first kappa shape index (κ1) is 18.5. The summed E-state index contributed by atoms with van der Waals surface area (Å²) < 4.78 is 5.74. The summed E-state index contributed by atoms with van der Waals surface area (Å²) in [6.07, 6.45) is 4.87. The molecule has 1 saturated heterocycles. The molecule has 0 aromatic heterocycles. The highest BCUT2D eigenvalue weighted by atomic mass is 16.5. The van der Waals surface area contributed by atoms with E-state index >= 15 is 0 Å². The Bertz CT molecular complexity index is 719. The number of aldehydes is 1. The molecule has 2 aromatic rings. The number of hydrogen-bond donors (Lipinski definition) is 1. The molecular weight excluding hydrogens is 326 g/mol. The molecule has 0 atom stereocenters. The Morgan fingerprint density at radius 1 is 1.15 bits per heavy atom. The Balaban J connectivity index is 1.51. The number of ether oxygens (including phenoxy) is 1. The molecule has 0 amide bonds. The second-order valence-corrected chi connectivity index (χ2v) is 7.11. The molecule has 26 heavy (non-hydrogen) atoms. The summed E-state index contributed by atoms with van der Waals surface area (Å²) in [4.78, 5) is 13.0. The first-order valence-electron chi connectivity index (χ1n) is 9.34. The van der Waals surface area contributed by atoms with Crippen molar-refractivity contribution in [3.05, 3.63) is 59.2 Å². The Labute approximate surface area is 155 Å². The van der Waals surface area contributed by atoms with E-state index in [1.807, 2.05) is 24.3 Å². The molecule has 0 saturated carbocycles. The van der Waals surface area contributed by atoms with Gasteiger partial charge in [-0.3, -0.25) is 4.79 Å². The van der Waals surface area contributed by atoms with Gasteiger partial charge in [-0.2, -0.15) is 0 Å². The topological polar surface area (TPSA) is 49.8 Å². The minimum absolute atomic E-state index is 0.426. The number of phenols is 1. The highest BCUT2D eigenvalue weighted by Crippen LogP contribution is 2.34. The van der Waals surface area contributed by atoms with E-state index in [1.54, 1.807) is 12.1 Å². The Hall–Kier alpha value is -2.33. The minimum atomic E-state index is 0.426. The number of carbonyl (C=O) groups excluding carboxylic acids is 1. The van der Waals surface area contributed by atoms with Crippen molar-refractivity contribution >= 4 is 6.29 Å². The fourth-order valence-electron chi connectivity index (χ4n) is 3.52. The maximum absolute atomic E-state index is 10.7. The fourth-order valence-corrected chi connectivity index (χ4v) is 3.52. The van der Waals surface area contributed by atoms with Gasteiger partial charge in [0.25, 0.3) is 0 Å². The molecule has 0 spiro atoms. The summed E-state index contributed by atoms with van der Waals surface area (Å²) in [6.45, 7) is 2.81. The van der Waals surface area contributed by atoms with Gasteiger partial charge in [-0.1, -0.05) is 12.1 Å². The SMILES string of the molecule is CN1CCC(c2cc(CCCOc3ccc(C=O)cc3)ccc2O)CC1. The number of aromatic hydroxyl groups is 1. The Morgan fingerprint density at radius 2 is 1.88 bits per heavy atom. The van der Waals surface area contributed by atoms with Crippen LogP contribution in [-0.2, 0) is 6.42 Å². The number of aryl methyl sites for hydroxylation is 1. The summed E-state index contributed by atoms with van der Waals surface area (Å²) >= 11 is 0. The molecule has 0 radical (unpaired) electrons. The lowest BCUT2D eigenvalue weighted by Crippen LogP contribution is -2.29. The number of nitrogens with zero attached hydrogens (tertiary/aromatic N) is 1. The second kappa shape index (κ2) is 8.86. The molecule has 0 unspecified atom stereocenters. The zero-order valence-corrected chi connectivity index (χ0v) is 15.4. The standard InChI is InChI=1S/C22H27NO3/c1-23-12-10-19(11-13-23)21-15-17(6-9-22(21)25)3-2-14-26-20-7-4-18(16-24)5-8-20/h4-9,15-16,19,25H,2-3,10-14H2,1H3. The van der Waals surface area contributed by atoms with Gasteiger partial charge < -0.3 is 14.7 Å². The second-order valence-electron chi connectivity index (χ2n) is 7.11. The molecule has 1 heterocycles. The highest BCUT2D eigenvalue weighted by Gasteiger charge is 2.21. The largest absolute Gasteiger partial charge is 0.508 e. The third-order valence-electron chi connectivity index (χ3n) is 5.15. The Kier molecular flexibility index (Phi) is 6.29. The molecule has 3 rings (SSSR count). The van der Waals surface area contributed by atoms with E-state index in [-0.39, 0.29) is 0 Å². The van der Waals surface area contributed by atoms with Crippen molar-refractivity contribution in [2.75, 3.05) is 26.7 Å². The molecular formula is C22H27NO3. The summed E-state index contributed by atoms with van der Waals surface area (Å²) in [5.41, 5.74) is 3.00. The third kappa shape index (κ3) is 4.85. The van der Waals surface area contributed by atoms with E-state index in [4.69, 9.17) is 4.74 Å². The smallest absolute Gasteiger partial charge is 0.150 e. The van der Waals surface area contributed by atoms with Gasteiger partial charge in [0.15, 0.2) is 0 Å². The van der Waals surface area contributed by atoms with Gasteiger partial charge in [-0.25, -0.2) is 0 Å². The molecule has 138 valence electrons. The first-order chi connectivity index (χ1) is 12.7. The van der Waals surface area contributed by atoms with Crippen LogP contribution in [0.4, 0.5) is 0 Å². The summed E-state index contributed by atoms with van der Waals surface area (Å²) in [5, 5.41) is 10.3. The van der Waals surface area contributed by atoms with Crippen molar-refractivity contribution in [2.45, 2.75) is 31.6 Å². The molecule has 2 aromatic carbocycles. The third-order valence-corrected chi connectivity index (χ3v) is 5.15. The van der Waals surface area contributed by atoms with E-state index in [9.17, 15) is 9.90 Å². The van der Waals surface area contributed by atoms with Gasteiger partial charge in [0.1, 0.15) is 17.8 Å². The molecule has 4 nitrogen and oxygen atoms in total. The zero-order valence-electron chi connectivity index (χ0n) is 15.4. The van der Waals surface area contributed by atoms with E-state index < -0.39 is 0 Å². The fraction of sp³-hybridized carbons (Fsp3) is 0.409. The van der Waals surface area contributed by atoms with E-state index in [0.29, 0.717) is 23.8 Å². The number of benzene rings is 2. The summed E-state index contributed by atoms with van der Waals surface area (Å²) in [6, 6.07) is 13.2. The Morgan fingerprint density at radius 3 is 2.58 bits per heavy atom. The average molecular weight is 353 g/mol. The molecule has 0 aliphatic carbocycles. The van der Waals surface area contributed by atoms with Crippen LogP contribution in [0.25, 0.3) is 0 Å². The number of phenolic OH excluding ortho intramolecular Hbond substituents is 1. The van der Waals surface area contributed by atoms with Crippen LogP contribution in [0, 0.1) is 0 Å². The average Bonchev–Trinajstić information content (AvgIpc) is 2.67. The maximum atomic E-state index is 10.7. The van der Waals surface area contributed by atoms with Crippen LogP contribution in [0.15, 0.2) is 42.5 Å². The van der Waals surface area contributed by atoms with Gasteiger partial charge in [0.2, 0.25) is 0 Å². The lowest BCUT2D eigenvalue weighted by Gasteiger charge is -2.29. The van der Waals surface area contributed by atoms with Crippen LogP contribution in [0.3, 0.4) is 0 Å². The van der Waals surface area contributed by atoms with E-state index in [0.717, 1.165) is 56.4 Å². The number of piperidine rings is 1. The predicted molar refractivity (Wildman–Crippen MR) is 103 cm³/mol. The normalized spacial score (nSPS) is 15.7. The molecule has 1 aliphatic heterocycles. The van der Waals surface area contributed by atoms with Crippen LogP contribution >= 0.6 is 0 Å². The summed E-state index contributed by atoms with van der Waals surface area (Å²) in [7, 11) is 2.15. The number of carbonyl (C=O) groups is 1. The number of hydrogen-bond acceptors (Lipinski definition) is 4. The zero-order chi connectivity index (χ0) is 18.4. The summed E-state index contributed by atoms with van der Waals surface area (Å²) in [5.74, 6) is 1.67. The molecule has 0 bridgehead atoms. The lowest BCUT2D eigenvalue weighted by molar-refractivity contribution is 0.112.